The summed E-state index contributed by atoms with van der Waals surface area (Å²) >= 11 is 0. The van der Waals surface area contributed by atoms with Gasteiger partial charge in [-0.05, 0) is 14.1 Å². The Morgan fingerprint density at radius 3 is 2.00 bits per heavy atom. The van der Waals surface area contributed by atoms with E-state index >= 15 is 0 Å². The van der Waals surface area contributed by atoms with Gasteiger partial charge in [-0.15, -0.1) is 24.8 Å². The van der Waals surface area contributed by atoms with Crippen LogP contribution in [0.4, 0.5) is 4.39 Å². The first-order valence-corrected chi connectivity index (χ1v) is 3.73. The number of hydrogen-bond acceptors (Lipinski definition) is 2. The van der Waals surface area contributed by atoms with Crippen molar-refractivity contribution in [3.63, 3.8) is 0 Å². The van der Waals surface area contributed by atoms with Gasteiger partial charge in [0.2, 0.25) is 0 Å². The molecule has 1 N–H and O–H groups in total. The molecule has 0 aliphatic carbocycles. The summed E-state index contributed by atoms with van der Waals surface area (Å²) in [5.41, 5.74) is 0. The first-order valence-electron chi connectivity index (χ1n) is 3.73. The Bertz CT molecular complexity index is 116. The van der Waals surface area contributed by atoms with Gasteiger partial charge in [-0.25, -0.2) is 4.39 Å². The fraction of sp³-hybridized carbons (Fsp3) is 1.00. The fourth-order valence-corrected chi connectivity index (χ4v) is 1.22. The molecule has 0 spiro atoms. The molecule has 2 nitrogen and oxygen atoms in total. The molecular weight excluding hydrogens is 202 g/mol. The molecule has 1 fully saturated rings. The van der Waals surface area contributed by atoms with E-state index in [4.69, 9.17) is 0 Å². The number of nitrogens with zero attached hydrogens (tertiary/aromatic N) is 1. The standard InChI is InChI=1S/C7H15FN2.2ClH/c1-9-7(8)3-5-10(2)6-4-7;;/h9H,3-6H2,1-2H3;2*1H. The van der Waals surface area contributed by atoms with Gasteiger partial charge >= 0.3 is 0 Å². The van der Waals surface area contributed by atoms with Crippen LogP contribution in [0.2, 0.25) is 0 Å². The topological polar surface area (TPSA) is 15.3 Å². The third kappa shape index (κ3) is 3.90. The van der Waals surface area contributed by atoms with Crippen LogP contribution < -0.4 is 5.32 Å². The Labute approximate surface area is 85.7 Å². The lowest BCUT2D eigenvalue weighted by molar-refractivity contribution is 0.0448. The largest absolute Gasteiger partial charge is 0.306 e. The lowest BCUT2D eigenvalue weighted by atomic mass is 10.0. The Balaban J connectivity index is 0. The molecule has 0 unspecified atom stereocenters. The Kier molecular flexibility index (Phi) is 7.43. The van der Waals surface area contributed by atoms with E-state index in [0.717, 1.165) is 13.1 Å². The summed E-state index contributed by atoms with van der Waals surface area (Å²) in [4.78, 5) is 2.15. The highest BCUT2D eigenvalue weighted by Gasteiger charge is 2.30. The second kappa shape index (κ2) is 5.97. The molecule has 0 atom stereocenters. The third-order valence-electron chi connectivity index (χ3n) is 2.23. The quantitative estimate of drug-likeness (QED) is 0.671. The van der Waals surface area contributed by atoms with E-state index in [-0.39, 0.29) is 24.8 Å². The third-order valence-corrected chi connectivity index (χ3v) is 2.23. The van der Waals surface area contributed by atoms with Crippen LogP contribution in [0.15, 0.2) is 0 Å². The molecule has 0 radical (unpaired) electrons. The monoisotopic (exact) mass is 218 g/mol. The maximum absolute atomic E-state index is 13.3. The summed E-state index contributed by atoms with van der Waals surface area (Å²) in [6.45, 7) is 1.72. The maximum Gasteiger partial charge on any atom is 0.163 e. The summed E-state index contributed by atoms with van der Waals surface area (Å²) < 4.78 is 13.3. The minimum Gasteiger partial charge on any atom is -0.306 e. The average molecular weight is 219 g/mol. The molecule has 1 saturated heterocycles. The highest BCUT2D eigenvalue weighted by molar-refractivity contribution is 5.85. The van der Waals surface area contributed by atoms with E-state index in [9.17, 15) is 4.39 Å². The summed E-state index contributed by atoms with van der Waals surface area (Å²) in [6.07, 6.45) is 1.22. The van der Waals surface area contributed by atoms with Crippen molar-refractivity contribution in [3.05, 3.63) is 0 Å². The van der Waals surface area contributed by atoms with Crippen molar-refractivity contribution in [1.82, 2.24) is 10.2 Å². The van der Waals surface area contributed by atoms with Gasteiger partial charge in [0.1, 0.15) is 0 Å². The molecule has 1 aliphatic heterocycles. The lowest BCUT2D eigenvalue weighted by Crippen LogP contribution is -2.47. The van der Waals surface area contributed by atoms with Crippen molar-refractivity contribution in [1.29, 1.82) is 0 Å². The molecule has 0 aromatic carbocycles. The molecule has 0 aromatic heterocycles. The molecule has 1 rings (SSSR count). The number of hydrogen-bond donors (Lipinski definition) is 1. The van der Waals surface area contributed by atoms with Crippen LogP contribution in [-0.2, 0) is 0 Å². The Morgan fingerprint density at radius 1 is 1.25 bits per heavy atom. The Morgan fingerprint density at radius 2 is 1.67 bits per heavy atom. The van der Waals surface area contributed by atoms with Crippen molar-refractivity contribution in [2.75, 3.05) is 27.2 Å². The van der Waals surface area contributed by atoms with Gasteiger partial charge in [0.05, 0.1) is 0 Å². The zero-order valence-corrected chi connectivity index (χ0v) is 9.10. The van der Waals surface area contributed by atoms with Gasteiger partial charge < -0.3 is 4.90 Å². The second-order valence-electron chi connectivity index (χ2n) is 3.02. The van der Waals surface area contributed by atoms with Crippen LogP contribution in [0.1, 0.15) is 12.8 Å². The van der Waals surface area contributed by atoms with Gasteiger partial charge in [-0.2, -0.15) is 0 Å². The fourth-order valence-electron chi connectivity index (χ4n) is 1.22. The van der Waals surface area contributed by atoms with Gasteiger partial charge in [0.15, 0.2) is 5.79 Å². The first-order chi connectivity index (χ1) is 4.66. The van der Waals surface area contributed by atoms with Crippen LogP contribution in [0.3, 0.4) is 0 Å². The minimum absolute atomic E-state index is 0. The van der Waals surface area contributed by atoms with Crippen molar-refractivity contribution in [2.45, 2.75) is 18.6 Å². The number of alkyl halides is 1. The summed E-state index contributed by atoms with van der Waals surface area (Å²) in [5, 5.41) is 2.71. The van der Waals surface area contributed by atoms with Crippen LogP contribution in [0, 0.1) is 0 Å². The average Bonchev–Trinajstić information content (AvgIpc) is 1.96. The molecule has 76 valence electrons. The highest BCUT2D eigenvalue weighted by atomic mass is 35.5. The first kappa shape index (κ1) is 14.9. The summed E-state index contributed by atoms with van der Waals surface area (Å²) in [7, 11) is 3.71. The predicted molar refractivity (Wildman–Crippen MR) is 54.1 cm³/mol. The second-order valence-corrected chi connectivity index (χ2v) is 3.02. The smallest absolute Gasteiger partial charge is 0.163 e. The van der Waals surface area contributed by atoms with Crippen LogP contribution >= 0.6 is 24.8 Å². The van der Waals surface area contributed by atoms with Crippen LogP contribution in [-0.4, -0.2) is 37.9 Å². The van der Waals surface area contributed by atoms with Crippen molar-refractivity contribution in [3.8, 4) is 0 Å². The van der Waals surface area contributed by atoms with Gasteiger partial charge in [-0.3, -0.25) is 5.32 Å². The zero-order chi connectivity index (χ0) is 7.61. The number of halogens is 3. The van der Waals surface area contributed by atoms with E-state index < -0.39 is 5.79 Å². The van der Waals surface area contributed by atoms with E-state index in [1.54, 1.807) is 7.05 Å². The normalized spacial score (nSPS) is 22.2. The molecular formula is C7H17Cl2FN2. The lowest BCUT2D eigenvalue weighted by Gasteiger charge is -2.33. The molecule has 0 amide bonds. The van der Waals surface area contributed by atoms with Gasteiger partial charge in [-0.1, -0.05) is 0 Å². The van der Waals surface area contributed by atoms with E-state index in [1.165, 1.54) is 0 Å². The number of piperidine rings is 1. The van der Waals surface area contributed by atoms with E-state index in [1.807, 2.05) is 7.05 Å². The zero-order valence-electron chi connectivity index (χ0n) is 7.47. The summed E-state index contributed by atoms with van der Waals surface area (Å²) in [5.74, 6) is -1.09. The van der Waals surface area contributed by atoms with E-state index in [0.29, 0.717) is 12.8 Å². The number of rotatable bonds is 1. The Hall–Kier alpha value is 0.430. The van der Waals surface area contributed by atoms with E-state index in [2.05, 4.69) is 10.2 Å². The molecule has 0 bridgehead atoms. The van der Waals surface area contributed by atoms with Gasteiger partial charge in [0.25, 0.3) is 0 Å². The van der Waals surface area contributed by atoms with Crippen molar-refractivity contribution >= 4 is 24.8 Å². The highest BCUT2D eigenvalue weighted by Crippen LogP contribution is 2.21. The molecule has 0 saturated carbocycles. The van der Waals surface area contributed by atoms with Crippen LogP contribution in [0.5, 0.6) is 0 Å². The molecule has 12 heavy (non-hydrogen) atoms. The van der Waals surface area contributed by atoms with Crippen molar-refractivity contribution in [2.24, 2.45) is 0 Å². The predicted octanol–water partition coefficient (Wildman–Crippen LogP) is 1.44. The summed E-state index contributed by atoms with van der Waals surface area (Å²) in [6, 6.07) is 0. The molecule has 5 heteroatoms. The van der Waals surface area contributed by atoms with Crippen LogP contribution in [0.25, 0.3) is 0 Å². The van der Waals surface area contributed by atoms with Gasteiger partial charge in [0, 0.05) is 25.9 Å². The number of nitrogens with one attached hydrogen (secondary N) is 1. The molecule has 1 heterocycles. The SMILES string of the molecule is CNC1(F)CCN(C)CC1.Cl.Cl. The molecule has 0 aromatic rings. The number of likely N-dealkylation sites (tertiary alicyclic amines) is 1. The maximum atomic E-state index is 13.3. The van der Waals surface area contributed by atoms with Crippen molar-refractivity contribution < 1.29 is 4.39 Å². The molecule has 1 aliphatic rings. The minimum atomic E-state index is -1.09.